The molecular weight excluding hydrogens is 570 g/mol. The van der Waals surface area contributed by atoms with Crippen molar-refractivity contribution in [3.63, 3.8) is 0 Å². The van der Waals surface area contributed by atoms with Crippen molar-refractivity contribution in [3.05, 3.63) is 45.1 Å². The summed E-state index contributed by atoms with van der Waals surface area (Å²) >= 11 is 5.05. The summed E-state index contributed by atoms with van der Waals surface area (Å²) in [7, 11) is 0. The first-order chi connectivity index (χ1) is 18.0. The summed E-state index contributed by atoms with van der Waals surface area (Å²) in [6.45, 7) is 8.90. The number of rotatable bonds is 5. The third kappa shape index (κ3) is 6.97. The highest BCUT2D eigenvalue weighted by molar-refractivity contribution is 9.10. The average Bonchev–Trinajstić information content (AvgIpc) is 3.20. The number of carbonyl (C=O) groups excluding carboxylic acids is 1. The number of nitrogens with zero attached hydrogens (tertiary/aromatic N) is 5. The van der Waals surface area contributed by atoms with E-state index in [0.717, 1.165) is 22.0 Å². The molecular formula is C27H36BrN5O4S. The number of carbonyl (C=O) groups is 1. The van der Waals surface area contributed by atoms with Gasteiger partial charge in [0, 0.05) is 55.1 Å². The second-order valence-corrected chi connectivity index (χ2v) is 11.9. The van der Waals surface area contributed by atoms with Crippen molar-refractivity contribution >= 4 is 39.6 Å². The number of halogens is 1. The number of aromatic nitrogens is 2. The molecule has 2 aliphatic rings. The maximum absolute atomic E-state index is 12.5. The molecule has 1 aromatic carbocycles. The van der Waals surface area contributed by atoms with Gasteiger partial charge in [0.15, 0.2) is 5.16 Å². The van der Waals surface area contributed by atoms with Gasteiger partial charge in [0.05, 0.1) is 24.0 Å². The molecule has 9 nitrogen and oxygen atoms in total. The van der Waals surface area contributed by atoms with E-state index in [1.165, 1.54) is 18.7 Å². The van der Waals surface area contributed by atoms with Crippen LogP contribution in [0.3, 0.4) is 0 Å². The van der Waals surface area contributed by atoms with Crippen LogP contribution in [0.5, 0.6) is 0 Å². The number of ether oxygens (including phenoxy) is 1. The smallest absolute Gasteiger partial charge is 0.410 e. The SMILES string of the molecule is CC#N.CSc1nc(CC2(O)CCc3cccc(Br)c32)c(CO)c(N2CCN(C(=O)OC(C)(C)C)CC2)n1. The highest BCUT2D eigenvalue weighted by Crippen LogP contribution is 2.44. The summed E-state index contributed by atoms with van der Waals surface area (Å²) < 4.78 is 6.40. The lowest BCUT2D eigenvalue weighted by Crippen LogP contribution is -2.50. The van der Waals surface area contributed by atoms with Crippen molar-refractivity contribution in [2.45, 2.75) is 69.9 Å². The number of thioether (sulfide) groups is 1. The predicted molar refractivity (Wildman–Crippen MR) is 151 cm³/mol. The maximum atomic E-state index is 12.5. The lowest BCUT2D eigenvalue weighted by molar-refractivity contribution is 0.0239. The van der Waals surface area contributed by atoms with Crippen molar-refractivity contribution < 1.29 is 19.7 Å². The molecule has 0 bridgehead atoms. The number of hydrogen-bond donors (Lipinski definition) is 2. The fourth-order valence-electron chi connectivity index (χ4n) is 4.80. The Morgan fingerprint density at radius 2 is 1.92 bits per heavy atom. The number of amides is 1. The van der Waals surface area contributed by atoms with Crippen molar-refractivity contribution in [2.75, 3.05) is 37.3 Å². The topological polar surface area (TPSA) is 123 Å². The minimum atomic E-state index is -1.07. The van der Waals surface area contributed by atoms with Gasteiger partial charge in [-0.25, -0.2) is 14.8 Å². The molecule has 2 N–H and O–H groups in total. The van der Waals surface area contributed by atoms with E-state index in [9.17, 15) is 15.0 Å². The molecule has 2 heterocycles. The summed E-state index contributed by atoms with van der Waals surface area (Å²) in [6, 6.07) is 7.73. The van der Waals surface area contributed by atoms with E-state index in [4.69, 9.17) is 20.0 Å². The Bertz CT molecular complexity index is 1190. The van der Waals surface area contributed by atoms with E-state index in [0.29, 0.717) is 61.3 Å². The average molecular weight is 607 g/mol. The fourth-order valence-corrected chi connectivity index (χ4v) is 5.96. The van der Waals surface area contributed by atoms with E-state index >= 15 is 0 Å². The van der Waals surface area contributed by atoms with Crippen LogP contribution >= 0.6 is 27.7 Å². The Morgan fingerprint density at radius 3 is 2.50 bits per heavy atom. The molecule has 206 valence electrons. The van der Waals surface area contributed by atoms with Crippen molar-refractivity contribution in [3.8, 4) is 6.07 Å². The molecule has 4 rings (SSSR count). The second kappa shape index (κ2) is 12.6. The lowest BCUT2D eigenvalue weighted by Gasteiger charge is -2.37. The van der Waals surface area contributed by atoms with E-state index in [1.807, 2.05) is 45.2 Å². The number of hydrogen-bond acceptors (Lipinski definition) is 9. The van der Waals surface area contributed by atoms with Crippen molar-refractivity contribution in [2.24, 2.45) is 0 Å². The first-order valence-electron chi connectivity index (χ1n) is 12.5. The second-order valence-electron chi connectivity index (χ2n) is 10.3. The molecule has 0 saturated carbocycles. The molecule has 1 fully saturated rings. The summed E-state index contributed by atoms with van der Waals surface area (Å²) in [5, 5.41) is 30.0. The number of anilines is 1. The number of fused-ring (bicyclic) bond motifs is 1. The zero-order valence-electron chi connectivity index (χ0n) is 22.6. The number of aliphatic hydroxyl groups is 2. The summed E-state index contributed by atoms with van der Waals surface area (Å²) in [4.78, 5) is 25.7. The first kappa shape index (κ1) is 30.2. The van der Waals surface area contributed by atoms with Crippen LogP contribution in [0.2, 0.25) is 0 Å². The van der Waals surface area contributed by atoms with Gasteiger partial charge in [-0.05, 0) is 51.5 Å². The molecule has 11 heteroatoms. The van der Waals surface area contributed by atoms with Crippen LogP contribution in [-0.4, -0.2) is 69.2 Å². The van der Waals surface area contributed by atoms with Gasteiger partial charge in [0.1, 0.15) is 11.4 Å². The van der Waals surface area contributed by atoms with Gasteiger partial charge in [-0.1, -0.05) is 39.8 Å². The molecule has 0 radical (unpaired) electrons. The summed E-state index contributed by atoms with van der Waals surface area (Å²) in [5.41, 5.74) is 1.70. The molecule has 0 spiro atoms. The molecule has 2 aromatic rings. The predicted octanol–water partition coefficient (Wildman–Crippen LogP) is 4.42. The molecule has 1 atom stereocenters. The van der Waals surface area contributed by atoms with Crippen LogP contribution in [0.1, 0.15) is 56.5 Å². The molecule has 1 saturated heterocycles. The normalized spacial score (nSPS) is 18.8. The Labute approximate surface area is 237 Å². The van der Waals surface area contributed by atoms with Gasteiger partial charge in [0.25, 0.3) is 0 Å². The Balaban J connectivity index is 0.00000127. The zero-order chi connectivity index (χ0) is 28.1. The standard InChI is InChI=1S/C25H33BrN4O4S.C2H3N/c1-24(2,3)34-23(32)30-12-10-29(11-13-30)21-17(15-31)19(27-22(28-21)35-4)14-25(33)9-8-16-6-5-7-18(26)20(16)25;1-2-3/h5-7,31,33H,8-15H2,1-4H3;1H3. The van der Waals surface area contributed by atoms with Crippen LogP contribution in [-0.2, 0) is 29.8 Å². The van der Waals surface area contributed by atoms with Gasteiger partial charge in [-0.3, -0.25) is 0 Å². The molecule has 1 amide bonds. The third-order valence-electron chi connectivity index (χ3n) is 6.46. The van der Waals surface area contributed by atoms with Crippen LogP contribution in [0.25, 0.3) is 0 Å². The minimum absolute atomic E-state index is 0.232. The fraction of sp³-hybridized carbons (Fsp3) is 0.556. The van der Waals surface area contributed by atoms with E-state index in [1.54, 1.807) is 11.0 Å². The number of benzene rings is 1. The van der Waals surface area contributed by atoms with Crippen molar-refractivity contribution in [1.82, 2.24) is 14.9 Å². The first-order valence-corrected chi connectivity index (χ1v) is 14.6. The molecule has 1 aliphatic heterocycles. The Kier molecular flexibility index (Phi) is 10.0. The molecule has 1 aromatic heterocycles. The van der Waals surface area contributed by atoms with Crippen LogP contribution in [0.4, 0.5) is 10.6 Å². The Hall–Kier alpha value is -2.39. The quantitative estimate of drug-likeness (QED) is 0.376. The van der Waals surface area contributed by atoms with Gasteiger partial charge in [-0.2, -0.15) is 5.26 Å². The van der Waals surface area contributed by atoms with Gasteiger partial charge in [-0.15, -0.1) is 0 Å². The zero-order valence-corrected chi connectivity index (χ0v) is 25.0. The summed E-state index contributed by atoms with van der Waals surface area (Å²) in [6.07, 6.45) is 3.27. The van der Waals surface area contributed by atoms with Gasteiger partial charge >= 0.3 is 6.09 Å². The van der Waals surface area contributed by atoms with Crippen LogP contribution in [0.15, 0.2) is 27.8 Å². The number of aryl methyl sites for hydroxylation is 1. The van der Waals surface area contributed by atoms with Gasteiger partial charge in [0.2, 0.25) is 0 Å². The van der Waals surface area contributed by atoms with Gasteiger partial charge < -0.3 is 24.7 Å². The van der Waals surface area contributed by atoms with Crippen molar-refractivity contribution in [1.29, 1.82) is 5.26 Å². The molecule has 1 aliphatic carbocycles. The summed E-state index contributed by atoms with van der Waals surface area (Å²) in [5.74, 6) is 0.666. The Morgan fingerprint density at radius 1 is 1.26 bits per heavy atom. The number of nitriles is 1. The third-order valence-corrected chi connectivity index (χ3v) is 7.66. The maximum Gasteiger partial charge on any atom is 0.410 e. The van der Waals surface area contributed by atoms with E-state index in [2.05, 4.69) is 20.8 Å². The van der Waals surface area contributed by atoms with E-state index in [-0.39, 0.29) is 12.7 Å². The highest BCUT2D eigenvalue weighted by atomic mass is 79.9. The largest absolute Gasteiger partial charge is 0.444 e. The minimum Gasteiger partial charge on any atom is -0.444 e. The van der Waals surface area contributed by atoms with Crippen LogP contribution in [0, 0.1) is 11.3 Å². The lowest BCUT2D eigenvalue weighted by atomic mass is 9.89. The number of aliphatic hydroxyl groups excluding tert-OH is 1. The van der Waals surface area contributed by atoms with Crippen LogP contribution < -0.4 is 4.90 Å². The number of piperazine rings is 1. The monoisotopic (exact) mass is 605 g/mol. The van der Waals surface area contributed by atoms with E-state index < -0.39 is 11.2 Å². The highest BCUT2D eigenvalue weighted by Gasteiger charge is 2.40. The molecule has 38 heavy (non-hydrogen) atoms. The molecule has 1 unspecified atom stereocenters.